The molecule has 8 rings (SSSR count). The van der Waals surface area contributed by atoms with Gasteiger partial charge in [0.15, 0.2) is 24.3 Å². The topological polar surface area (TPSA) is 219 Å². The molecule has 76 heavy (non-hydrogen) atoms. The number of Topliss-reactive ketones (excluding diaryl/α,β-unsaturated/α-hetero) is 1. The van der Waals surface area contributed by atoms with Crippen molar-refractivity contribution in [3.63, 3.8) is 0 Å². The Balaban J connectivity index is 0.00000840. The van der Waals surface area contributed by atoms with Crippen LogP contribution in [0.25, 0.3) is 0 Å². The number of halogens is 1. The largest absolute Gasteiger partial charge is 1.00 e. The average molecular weight is 1100 g/mol. The first-order chi connectivity index (χ1) is 35.8. The number of fused-ring (bicyclic) bond motifs is 7. The lowest BCUT2D eigenvalue weighted by Gasteiger charge is -2.59. The first kappa shape index (κ1) is 60.1. The van der Waals surface area contributed by atoms with Crippen molar-refractivity contribution in [1.82, 2.24) is 10.6 Å². The van der Waals surface area contributed by atoms with Gasteiger partial charge in [-0.15, -0.1) is 0 Å². The summed E-state index contributed by atoms with van der Waals surface area (Å²) in [4.78, 5) is 60.3. The second-order valence-electron chi connectivity index (χ2n) is 23.6. The molecule has 1 saturated heterocycles. The number of hydrogen-bond acceptors (Lipinski definition) is 12. The van der Waals surface area contributed by atoms with Gasteiger partial charge in [0.25, 0.3) is 0 Å². The van der Waals surface area contributed by atoms with Crippen molar-refractivity contribution in [2.75, 3.05) is 60.1 Å². The normalized spacial score (nSPS) is 29.5. The highest BCUT2D eigenvalue weighted by atomic mass is 35.5. The van der Waals surface area contributed by atoms with Gasteiger partial charge >= 0.3 is 13.9 Å². The molecule has 0 spiro atoms. The van der Waals surface area contributed by atoms with E-state index in [0.29, 0.717) is 37.1 Å². The number of carbonyl (C=O) groups excluding carboxylic acids is 3. The van der Waals surface area contributed by atoms with Crippen molar-refractivity contribution in [3.8, 4) is 5.75 Å². The Morgan fingerprint density at radius 1 is 0.947 bits per heavy atom. The monoisotopic (exact) mass is 1100 g/mol. The number of allylic oxidation sites excluding steroid dienone is 4. The number of rotatable bonds is 26. The third-order valence-corrected chi connectivity index (χ3v) is 18.3. The summed E-state index contributed by atoms with van der Waals surface area (Å²) in [5, 5.41) is 29.5. The van der Waals surface area contributed by atoms with E-state index in [-0.39, 0.29) is 71.0 Å². The van der Waals surface area contributed by atoms with Gasteiger partial charge in [-0.3, -0.25) is 19.4 Å². The number of hydrogen-bond donors (Lipinski definition) is 6. The first-order valence-electron chi connectivity index (χ1n) is 27.9. The van der Waals surface area contributed by atoms with Crippen LogP contribution in [0.4, 0.5) is 4.79 Å². The number of ether oxygens (including phenoxy) is 4. The minimum absolute atomic E-state index is 0. The number of alkyl carbamates (subject to hydrolysis) is 1. The van der Waals surface area contributed by atoms with Crippen LogP contribution in [0.2, 0.25) is 0 Å². The van der Waals surface area contributed by atoms with Crippen LogP contribution >= 0.6 is 7.82 Å². The molecule has 0 aromatic heterocycles. The quantitative estimate of drug-likeness (QED) is 0.0405. The van der Waals surface area contributed by atoms with Crippen LogP contribution in [0, 0.1) is 34.5 Å². The van der Waals surface area contributed by atoms with E-state index >= 15 is 0 Å². The number of phosphoric acid groups is 1. The number of quaternary nitrogens is 1. The molecule has 6 aliphatic rings. The molecule has 1 heterocycles. The van der Waals surface area contributed by atoms with Crippen LogP contribution < -0.4 is 27.6 Å². The number of likely N-dealkylation sites (N-methyl/N-ethyl adjacent to an activating group) is 1. The molecular formula is C58H85ClN3O13P. The third-order valence-electron chi connectivity index (χ3n) is 17.9. The standard InChI is InChI=1S/C58H84N3O13P.ClH/c1-56-27-26-45(62)34-44(56)23-24-46-47-35-52-58(57(47,2)36-48(63)53(46)56,73-54(72-52)41-20-11-8-12-21-41)51(65)39-71-55(66)60-29-30-61(3,4)38-43-33-42(22-25-50(43)74-75(67,68)69)49(64)37-59-28-14-5-6-15-31-70-32-16-13-19-40-17-9-7-10-18-40;/h7,9-10,17-18,22,25-27,33-34,41,46-49,52-54,59,63-64H,5-6,8,11-16,19-21,23-24,28-32,35-39H2,1-4H3,(H2-,60,66,67,68,69);1H/t46-,47-,48-,49?,52+,53+,54+,56-,57-,58+;/m0./s1. The average Bonchev–Trinajstić information content (AvgIpc) is 4.12. The van der Waals surface area contributed by atoms with Crippen LogP contribution in [0.5, 0.6) is 5.75 Å². The molecule has 1 unspecified atom stereocenters. The number of benzene rings is 2. The third kappa shape index (κ3) is 14.1. The number of carbonyl (C=O) groups is 3. The zero-order chi connectivity index (χ0) is 53.4. The summed E-state index contributed by atoms with van der Waals surface area (Å²) in [5.41, 5.74) is 0.738. The van der Waals surface area contributed by atoms with E-state index < -0.39 is 61.6 Å². The number of aryl methyl sites for hydroxylation is 1. The highest BCUT2D eigenvalue weighted by Gasteiger charge is 2.76. The number of amides is 1. The first-order valence-corrected chi connectivity index (χ1v) is 29.4. The molecule has 1 amide bonds. The van der Waals surface area contributed by atoms with Crippen molar-refractivity contribution in [2.45, 2.75) is 153 Å². The summed E-state index contributed by atoms with van der Waals surface area (Å²) in [6, 6.07) is 15.3. The zero-order valence-corrected chi connectivity index (χ0v) is 46.8. The van der Waals surface area contributed by atoms with Gasteiger partial charge in [-0.25, -0.2) is 9.36 Å². The zero-order valence-electron chi connectivity index (χ0n) is 45.2. The molecular weight excluding hydrogens is 1010 g/mol. The van der Waals surface area contributed by atoms with E-state index in [1.165, 1.54) is 11.6 Å². The van der Waals surface area contributed by atoms with E-state index in [4.69, 9.17) is 23.5 Å². The van der Waals surface area contributed by atoms with Crippen LogP contribution in [0.3, 0.4) is 0 Å². The van der Waals surface area contributed by atoms with Crippen molar-refractivity contribution < 1.29 is 79.3 Å². The number of phosphoric ester groups is 1. The molecule has 10 atom stereocenters. The molecule has 1 aliphatic heterocycles. The van der Waals surface area contributed by atoms with Crippen molar-refractivity contribution in [1.29, 1.82) is 0 Å². The number of aliphatic hydroxyl groups excluding tert-OH is 2. The number of nitrogens with one attached hydrogen (secondary N) is 2. The Morgan fingerprint density at radius 2 is 1.68 bits per heavy atom. The maximum absolute atomic E-state index is 14.9. The SMILES string of the molecule is C[C@]12C=CC(=O)C=C1CC[C@@H]1[C@@H]2[C@@H](O)C[C@@]2(C)[C@H]1C[C@H]1O[C@@H](C3CCCCC3)O[C@]12C(=O)COC(=O)NCC[N+](C)(C)Cc1cc(C(O)CNCCCCCCOCCCCc2ccccc2)ccc1OP(=O)(O)O.[Cl-]. The summed E-state index contributed by atoms with van der Waals surface area (Å²) < 4.78 is 42.7. The van der Waals surface area contributed by atoms with E-state index in [0.717, 1.165) is 115 Å². The number of ketones is 2. The summed E-state index contributed by atoms with van der Waals surface area (Å²) >= 11 is 0. The smallest absolute Gasteiger partial charge is 0.524 e. The predicted molar refractivity (Wildman–Crippen MR) is 283 cm³/mol. The molecule has 5 aliphatic carbocycles. The molecule has 16 nitrogen and oxygen atoms in total. The summed E-state index contributed by atoms with van der Waals surface area (Å²) in [7, 11) is -1.12. The summed E-state index contributed by atoms with van der Waals surface area (Å²) in [5.74, 6) is -0.357. The highest BCUT2D eigenvalue weighted by molar-refractivity contribution is 7.46. The fourth-order valence-corrected chi connectivity index (χ4v) is 14.5. The fourth-order valence-electron chi connectivity index (χ4n) is 14.1. The van der Waals surface area contributed by atoms with E-state index in [9.17, 15) is 38.9 Å². The van der Waals surface area contributed by atoms with E-state index in [1.54, 1.807) is 24.3 Å². The van der Waals surface area contributed by atoms with Gasteiger partial charge in [0, 0.05) is 48.0 Å². The second-order valence-corrected chi connectivity index (χ2v) is 24.7. The predicted octanol–water partition coefficient (Wildman–Crippen LogP) is 5.21. The van der Waals surface area contributed by atoms with Crippen LogP contribution in [-0.4, -0.2) is 126 Å². The van der Waals surface area contributed by atoms with Crippen LogP contribution in [0.15, 0.2) is 72.3 Å². The minimum Gasteiger partial charge on any atom is -1.00 e. The lowest BCUT2D eigenvalue weighted by Crippen LogP contribution is -3.00. The van der Waals surface area contributed by atoms with Gasteiger partial charge in [-0.05, 0) is 124 Å². The highest BCUT2D eigenvalue weighted by Crippen LogP contribution is 2.70. The Bertz CT molecular complexity index is 2400. The molecule has 0 bridgehead atoms. The Morgan fingerprint density at radius 3 is 2.43 bits per heavy atom. The van der Waals surface area contributed by atoms with E-state index in [1.807, 2.05) is 26.2 Å². The van der Waals surface area contributed by atoms with Gasteiger partial charge in [-0.2, -0.15) is 0 Å². The van der Waals surface area contributed by atoms with Crippen LogP contribution in [-0.2, 0) is 46.1 Å². The van der Waals surface area contributed by atoms with Gasteiger partial charge in [0.1, 0.15) is 12.3 Å². The maximum atomic E-state index is 14.9. The van der Waals surface area contributed by atoms with Gasteiger partial charge in [-0.1, -0.05) is 94.0 Å². The molecule has 2 aromatic carbocycles. The number of unbranched alkanes of at least 4 members (excludes halogenated alkanes) is 4. The molecule has 6 N–H and O–H groups in total. The number of aliphatic hydroxyl groups is 2. The maximum Gasteiger partial charge on any atom is 0.524 e. The van der Waals surface area contributed by atoms with Crippen LogP contribution in [0.1, 0.15) is 133 Å². The van der Waals surface area contributed by atoms with Gasteiger partial charge in [0.05, 0.1) is 45.5 Å². The Kier molecular flexibility index (Phi) is 20.7. The Hall–Kier alpha value is -3.51. The second kappa shape index (κ2) is 26.2. The molecule has 2 aromatic rings. The summed E-state index contributed by atoms with van der Waals surface area (Å²) in [6.07, 6.45) is 16.6. The van der Waals surface area contributed by atoms with Gasteiger partial charge < -0.3 is 61.2 Å². The van der Waals surface area contributed by atoms with Crippen molar-refractivity contribution in [2.24, 2.45) is 34.5 Å². The molecule has 18 heteroatoms. The molecule has 0 radical (unpaired) electrons. The molecule has 5 fully saturated rings. The van der Waals surface area contributed by atoms with Crippen molar-refractivity contribution in [3.05, 3.63) is 89.0 Å². The van der Waals surface area contributed by atoms with Gasteiger partial charge in [0.2, 0.25) is 5.78 Å². The Labute approximate surface area is 456 Å². The molecule has 4 saturated carbocycles. The lowest BCUT2D eigenvalue weighted by atomic mass is 9.46. The minimum atomic E-state index is -4.92. The van der Waals surface area contributed by atoms with Crippen molar-refractivity contribution >= 4 is 25.5 Å². The van der Waals surface area contributed by atoms with E-state index in [2.05, 4.69) is 48.7 Å². The number of nitrogens with zero attached hydrogens (tertiary/aromatic N) is 1. The molecule has 422 valence electrons. The fraction of sp³-hybridized carbons (Fsp3) is 0.672. The lowest BCUT2D eigenvalue weighted by molar-refractivity contribution is -0.902. The summed E-state index contributed by atoms with van der Waals surface area (Å²) in [6.45, 7) is 6.95.